The van der Waals surface area contributed by atoms with Crippen LogP contribution < -0.4 is 0 Å². The average Bonchev–Trinajstić information content (AvgIpc) is 2.25. The van der Waals surface area contributed by atoms with Crippen LogP contribution in [0.15, 0.2) is 18.2 Å². The van der Waals surface area contributed by atoms with E-state index in [2.05, 4.69) is 15.9 Å². The second-order valence-electron chi connectivity index (χ2n) is 3.96. The molecule has 1 N–H and O–H groups in total. The monoisotopic (exact) mass is 303 g/mol. The lowest BCUT2D eigenvalue weighted by molar-refractivity contribution is 0.0789. The Morgan fingerprint density at radius 1 is 1.59 bits per heavy atom. The van der Waals surface area contributed by atoms with Crippen LogP contribution in [0, 0.1) is 5.82 Å². The van der Waals surface area contributed by atoms with E-state index in [9.17, 15) is 9.18 Å². The van der Waals surface area contributed by atoms with Gasteiger partial charge in [0.05, 0.1) is 5.56 Å². The molecule has 17 heavy (non-hydrogen) atoms. The normalized spacial score (nSPS) is 12.2. The van der Waals surface area contributed by atoms with Gasteiger partial charge in [-0.1, -0.05) is 22.9 Å². The minimum Gasteiger partial charge on any atom is -0.508 e. The van der Waals surface area contributed by atoms with Crippen LogP contribution >= 0.6 is 15.9 Å². The van der Waals surface area contributed by atoms with Gasteiger partial charge in [-0.3, -0.25) is 4.79 Å². The van der Waals surface area contributed by atoms with Crippen molar-refractivity contribution in [1.29, 1.82) is 0 Å². The van der Waals surface area contributed by atoms with Crippen LogP contribution in [0.1, 0.15) is 23.7 Å². The number of carbonyl (C=O) groups is 1. The molecule has 0 aliphatic carbocycles. The molecule has 94 valence electrons. The van der Waals surface area contributed by atoms with Crippen molar-refractivity contribution < 1.29 is 14.3 Å². The molecule has 0 heterocycles. The Bertz CT molecular complexity index is 409. The largest absolute Gasteiger partial charge is 0.508 e. The first-order chi connectivity index (χ1) is 7.91. The minimum absolute atomic E-state index is 0.0208. The molecular formula is C12H15BrFNO2. The zero-order valence-corrected chi connectivity index (χ0v) is 11.4. The molecule has 0 bridgehead atoms. The molecule has 0 saturated heterocycles. The van der Waals surface area contributed by atoms with Crippen LogP contribution in [-0.4, -0.2) is 34.3 Å². The highest BCUT2D eigenvalue weighted by Gasteiger charge is 2.16. The number of benzene rings is 1. The molecule has 3 nitrogen and oxygen atoms in total. The van der Waals surface area contributed by atoms with E-state index in [0.717, 1.165) is 12.5 Å². The van der Waals surface area contributed by atoms with E-state index in [-0.39, 0.29) is 17.2 Å². The van der Waals surface area contributed by atoms with Gasteiger partial charge >= 0.3 is 0 Å². The van der Waals surface area contributed by atoms with E-state index in [1.807, 2.05) is 6.92 Å². The van der Waals surface area contributed by atoms with E-state index < -0.39 is 5.82 Å². The summed E-state index contributed by atoms with van der Waals surface area (Å²) in [5.41, 5.74) is -0.0208. The maximum atomic E-state index is 13.4. The molecule has 1 unspecified atom stereocenters. The summed E-state index contributed by atoms with van der Waals surface area (Å²) in [6, 6.07) is 3.53. The highest BCUT2D eigenvalue weighted by molar-refractivity contribution is 9.09. The van der Waals surface area contributed by atoms with Crippen molar-refractivity contribution in [3.05, 3.63) is 29.6 Å². The zero-order chi connectivity index (χ0) is 13.0. The number of alkyl halides is 1. The van der Waals surface area contributed by atoms with Gasteiger partial charge in [-0.25, -0.2) is 4.39 Å². The number of hydrogen-bond acceptors (Lipinski definition) is 2. The first-order valence-electron chi connectivity index (χ1n) is 5.30. The maximum Gasteiger partial charge on any atom is 0.256 e. The fourth-order valence-corrected chi connectivity index (χ4v) is 1.56. The first-order valence-corrected chi connectivity index (χ1v) is 6.21. The van der Waals surface area contributed by atoms with Crippen LogP contribution in [-0.2, 0) is 0 Å². The molecule has 1 aromatic rings. The van der Waals surface area contributed by atoms with Crippen LogP contribution in [0.3, 0.4) is 0 Å². The van der Waals surface area contributed by atoms with E-state index in [4.69, 9.17) is 5.11 Å². The molecule has 0 fully saturated rings. The number of amides is 1. The molecule has 0 saturated carbocycles. The molecule has 1 aromatic carbocycles. The van der Waals surface area contributed by atoms with Gasteiger partial charge in [-0.2, -0.15) is 0 Å². The van der Waals surface area contributed by atoms with Gasteiger partial charge in [0.25, 0.3) is 5.91 Å². The van der Waals surface area contributed by atoms with Crippen molar-refractivity contribution in [2.75, 3.05) is 13.6 Å². The summed E-state index contributed by atoms with van der Waals surface area (Å²) < 4.78 is 13.4. The van der Waals surface area contributed by atoms with E-state index in [1.54, 1.807) is 7.05 Å². The third-order valence-electron chi connectivity index (χ3n) is 2.39. The van der Waals surface area contributed by atoms with Gasteiger partial charge in [0, 0.05) is 24.5 Å². The molecule has 0 aliphatic heterocycles. The third-order valence-corrected chi connectivity index (χ3v) is 2.85. The summed E-state index contributed by atoms with van der Waals surface area (Å²) >= 11 is 3.39. The number of aromatic hydroxyl groups is 1. The maximum absolute atomic E-state index is 13.4. The number of carbonyl (C=O) groups excluding carboxylic acids is 1. The van der Waals surface area contributed by atoms with Gasteiger partial charge in [-0.15, -0.1) is 0 Å². The van der Waals surface area contributed by atoms with E-state index in [0.29, 0.717) is 11.4 Å². The highest BCUT2D eigenvalue weighted by Crippen LogP contribution is 2.16. The van der Waals surface area contributed by atoms with Gasteiger partial charge in [-0.05, 0) is 18.6 Å². The standard InChI is InChI=1S/C12H15BrFNO2/c1-8(13)5-6-15(2)12(17)10-4-3-9(16)7-11(10)14/h3-4,7-8,16H,5-6H2,1-2H3. The molecule has 0 aliphatic rings. The Morgan fingerprint density at radius 3 is 2.76 bits per heavy atom. The molecule has 0 aromatic heterocycles. The Labute approximate surface area is 108 Å². The molecule has 0 radical (unpaired) electrons. The number of phenolic OH excluding ortho intramolecular Hbond substituents is 1. The predicted octanol–water partition coefficient (Wildman–Crippen LogP) is 2.78. The van der Waals surface area contributed by atoms with Crippen LogP contribution in [0.2, 0.25) is 0 Å². The Morgan fingerprint density at radius 2 is 2.24 bits per heavy atom. The van der Waals surface area contributed by atoms with E-state index >= 15 is 0 Å². The second kappa shape index (κ2) is 6.00. The second-order valence-corrected chi connectivity index (χ2v) is 5.52. The molecular weight excluding hydrogens is 289 g/mol. The Kier molecular flexibility index (Phi) is 4.93. The average molecular weight is 304 g/mol. The molecule has 1 atom stereocenters. The van der Waals surface area contributed by atoms with Crippen LogP contribution in [0.25, 0.3) is 0 Å². The molecule has 1 amide bonds. The van der Waals surface area contributed by atoms with Gasteiger partial charge < -0.3 is 10.0 Å². The fraction of sp³-hybridized carbons (Fsp3) is 0.417. The first kappa shape index (κ1) is 14.0. The van der Waals surface area contributed by atoms with Crippen molar-refractivity contribution in [2.24, 2.45) is 0 Å². The summed E-state index contributed by atoms with van der Waals surface area (Å²) in [6.07, 6.45) is 0.794. The number of nitrogens with zero attached hydrogens (tertiary/aromatic N) is 1. The topological polar surface area (TPSA) is 40.5 Å². The van der Waals surface area contributed by atoms with Crippen molar-refractivity contribution in [3.8, 4) is 5.75 Å². The lowest BCUT2D eigenvalue weighted by Gasteiger charge is -2.18. The van der Waals surface area contributed by atoms with Crippen molar-refractivity contribution in [2.45, 2.75) is 18.2 Å². The summed E-state index contributed by atoms with van der Waals surface area (Å²) in [6.45, 7) is 2.53. The lowest BCUT2D eigenvalue weighted by Crippen LogP contribution is -2.29. The number of phenols is 1. The summed E-state index contributed by atoms with van der Waals surface area (Å²) in [7, 11) is 1.63. The van der Waals surface area contributed by atoms with Gasteiger partial charge in [0.15, 0.2) is 0 Å². The van der Waals surface area contributed by atoms with Crippen LogP contribution in [0.4, 0.5) is 4.39 Å². The lowest BCUT2D eigenvalue weighted by atomic mass is 10.1. The third kappa shape index (κ3) is 4.00. The Balaban J connectivity index is 2.75. The zero-order valence-electron chi connectivity index (χ0n) is 9.78. The summed E-state index contributed by atoms with van der Waals surface area (Å²) in [5.74, 6) is -1.26. The van der Waals surface area contributed by atoms with Crippen molar-refractivity contribution in [1.82, 2.24) is 4.90 Å². The van der Waals surface area contributed by atoms with E-state index in [1.165, 1.54) is 17.0 Å². The summed E-state index contributed by atoms with van der Waals surface area (Å²) in [4.78, 5) is 13.7. The highest BCUT2D eigenvalue weighted by atomic mass is 79.9. The molecule has 0 spiro atoms. The van der Waals surface area contributed by atoms with Crippen LogP contribution in [0.5, 0.6) is 5.75 Å². The molecule has 1 rings (SSSR count). The number of rotatable bonds is 4. The predicted molar refractivity (Wildman–Crippen MR) is 68.0 cm³/mol. The minimum atomic E-state index is -0.700. The Hall–Kier alpha value is -1.10. The smallest absolute Gasteiger partial charge is 0.256 e. The van der Waals surface area contributed by atoms with Gasteiger partial charge in [0.2, 0.25) is 0 Å². The summed E-state index contributed by atoms with van der Waals surface area (Å²) in [5, 5.41) is 9.06. The fourth-order valence-electron chi connectivity index (χ4n) is 1.36. The number of hydrogen-bond donors (Lipinski definition) is 1. The number of halogens is 2. The van der Waals surface area contributed by atoms with Crippen molar-refractivity contribution >= 4 is 21.8 Å². The quantitative estimate of drug-likeness (QED) is 0.869. The van der Waals surface area contributed by atoms with Crippen molar-refractivity contribution in [3.63, 3.8) is 0 Å². The van der Waals surface area contributed by atoms with Gasteiger partial charge in [0.1, 0.15) is 11.6 Å². The SMILES string of the molecule is CC(Br)CCN(C)C(=O)c1ccc(O)cc1F. The molecule has 5 heteroatoms.